The number of nitrogens with zero attached hydrogens (tertiary/aromatic N) is 1. The second-order valence-corrected chi connectivity index (χ2v) is 6.63. The van der Waals surface area contributed by atoms with E-state index in [4.69, 9.17) is 10.8 Å². The van der Waals surface area contributed by atoms with Gasteiger partial charge >= 0.3 is 5.97 Å². The van der Waals surface area contributed by atoms with Crippen LogP contribution in [0.1, 0.15) is 21.6 Å². The monoisotopic (exact) mass is 385 g/mol. The number of para-hydroxylation sites is 1. The van der Waals surface area contributed by atoms with Gasteiger partial charge in [0.05, 0.1) is 6.42 Å². The molecular weight excluding hydrogens is 369 g/mol. The Labute approximate surface area is 158 Å². The van der Waals surface area contributed by atoms with Crippen molar-refractivity contribution in [3.63, 3.8) is 0 Å². The Morgan fingerprint density at radius 1 is 1.22 bits per heavy atom. The van der Waals surface area contributed by atoms with Crippen LogP contribution in [-0.2, 0) is 17.8 Å². The molecule has 0 bridgehead atoms. The number of thiazole rings is 1. The smallest absolute Gasteiger partial charge is 0.307 e. The summed E-state index contributed by atoms with van der Waals surface area (Å²) in [7, 11) is 0. The number of aromatic nitrogens is 1. The van der Waals surface area contributed by atoms with Gasteiger partial charge in [0.2, 0.25) is 0 Å². The van der Waals surface area contributed by atoms with E-state index in [2.05, 4.69) is 10.3 Å². The van der Waals surface area contributed by atoms with Gasteiger partial charge in [-0.3, -0.25) is 9.59 Å². The van der Waals surface area contributed by atoms with Gasteiger partial charge in [0.25, 0.3) is 5.91 Å². The Hall–Kier alpha value is -3.10. The van der Waals surface area contributed by atoms with Crippen molar-refractivity contribution in [1.82, 2.24) is 4.98 Å². The molecule has 0 atom stereocenters. The number of carbonyl (C=O) groups is 2. The quantitative estimate of drug-likeness (QED) is 0.604. The first kappa shape index (κ1) is 18.7. The molecule has 1 heterocycles. The summed E-state index contributed by atoms with van der Waals surface area (Å²) in [6, 6.07) is 11.1. The molecule has 0 aliphatic rings. The first-order valence-corrected chi connectivity index (χ1v) is 8.90. The largest absolute Gasteiger partial charge is 0.481 e. The van der Waals surface area contributed by atoms with Crippen LogP contribution in [0.5, 0.6) is 0 Å². The van der Waals surface area contributed by atoms with Crippen LogP contribution < -0.4 is 11.1 Å². The lowest BCUT2D eigenvalue weighted by atomic mass is 10.1. The number of carboxylic acid groups (broad SMARTS) is 1. The number of nitrogens with one attached hydrogen (secondary N) is 1. The summed E-state index contributed by atoms with van der Waals surface area (Å²) in [6.45, 7) is 0.198. The van der Waals surface area contributed by atoms with Crippen LogP contribution in [0.3, 0.4) is 0 Å². The number of halogens is 1. The van der Waals surface area contributed by atoms with E-state index in [1.54, 1.807) is 35.7 Å². The number of carboxylic acids is 1. The number of anilines is 1. The fourth-order valence-corrected chi connectivity index (χ4v) is 3.34. The summed E-state index contributed by atoms with van der Waals surface area (Å²) in [5.74, 6) is -1.88. The fourth-order valence-electron chi connectivity index (χ4n) is 2.55. The normalized spacial score (nSPS) is 10.6. The van der Waals surface area contributed by atoms with E-state index in [9.17, 15) is 14.0 Å². The molecular formula is C19H16FN3O3S. The van der Waals surface area contributed by atoms with Crippen molar-refractivity contribution < 1.29 is 19.1 Å². The summed E-state index contributed by atoms with van der Waals surface area (Å²) in [5.41, 5.74) is 7.81. The van der Waals surface area contributed by atoms with E-state index in [-0.39, 0.29) is 18.7 Å². The average molecular weight is 385 g/mol. The molecule has 1 amide bonds. The molecule has 0 aliphatic carbocycles. The third-order valence-electron chi connectivity index (χ3n) is 3.78. The van der Waals surface area contributed by atoms with Gasteiger partial charge in [0.15, 0.2) is 0 Å². The van der Waals surface area contributed by atoms with Crippen LogP contribution in [0, 0.1) is 5.82 Å². The number of hydrogen-bond donors (Lipinski definition) is 3. The minimum absolute atomic E-state index is 0.165. The highest BCUT2D eigenvalue weighted by Crippen LogP contribution is 2.26. The molecule has 4 N–H and O–H groups in total. The van der Waals surface area contributed by atoms with E-state index in [0.29, 0.717) is 27.4 Å². The molecule has 0 saturated carbocycles. The van der Waals surface area contributed by atoms with Crippen molar-refractivity contribution in [3.05, 3.63) is 70.5 Å². The van der Waals surface area contributed by atoms with Gasteiger partial charge in [-0.1, -0.05) is 18.2 Å². The maximum atomic E-state index is 13.7. The second kappa shape index (κ2) is 8.07. The molecule has 0 spiro atoms. The van der Waals surface area contributed by atoms with Crippen LogP contribution in [0.15, 0.2) is 47.8 Å². The predicted molar refractivity (Wildman–Crippen MR) is 101 cm³/mol. The molecule has 0 unspecified atom stereocenters. The highest BCUT2D eigenvalue weighted by atomic mass is 32.1. The van der Waals surface area contributed by atoms with Crippen molar-refractivity contribution in [2.24, 2.45) is 5.73 Å². The maximum absolute atomic E-state index is 13.7. The number of hydrogen-bond acceptors (Lipinski definition) is 5. The minimum atomic E-state index is -0.991. The molecule has 27 heavy (non-hydrogen) atoms. The highest BCUT2D eigenvalue weighted by molar-refractivity contribution is 7.13. The molecule has 2 aromatic carbocycles. The number of benzene rings is 2. The minimum Gasteiger partial charge on any atom is -0.481 e. The van der Waals surface area contributed by atoms with E-state index < -0.39 is 17.7 Å². The molecule has 0 aliphatic heterocycles. The molecule has 6 nitrogen and oxygen atoms in total. The molecule has 0 saturated heterocycles. The van der Waals surface area contributed by atoms with Gasteiger partial charge in [0.1, 0.15) is 16.5 Å². The summed E-state index contributed by atoms with van der Waals surface area (Å²) >= 11 is 1.21. The first-order chi connectivity index (χ1) is 13.0. The summed E-state index contributed by atoms with van der Waals surface area (Å²) < 4.78 is 13.7. The Balaban J connectivity index is 1.82. The fraction of sp³-hybridized carbons (Fsp3) is 0.105. The Morgan fingerprint density at radius 3 is 2.74 bits per heavy atom. The third kappa shape index (κ3) is 4.55. The maximum Gasteiger partial charge on any atom is 0.307 e. The van der Waals surface area contributed by atoms with Gasteiger partial charge in [-0.2, -0.15) is 0 Å². The van der Waals surface area contributed by atoms with Crippen LogP contribution >= 0.6 is 11.3 Å². The van der Waals surface area contributed by atoms with Crippen LogP contribution in [0.2, 0.25) is 0 Å². The van der Waals surface area contributed by atoms with Crippen LogP contribution in [-0.4, -0.2) is 22.0 Å². The number of rotatable bonds is 6. The molecule has 138 valence electrons. The Kier molecular flexibility index (Phi) is 5.58. The van der Waals surface area contributed by atoms with E-state index in [0.717, 1.165) is 0 Å². The Morgan fingerprint density at radius 2 is 2.00 bits per heavy atom. The van der Waals surface area contributed by atoms with Crippen molar-refractivity contribution >= 4 is 28.9 Å². The lowest BCUT2D eigenvalue weighted by Gasteiger charge is -2.08. The zero-order chi connectivity index (χ0) is 19.4. The molecule has 1 aromatic heterocycles. The number of carbonyl (C=O) groups excluding carboxylic acids is 1. The first-order valence-electron chi connectivity index (χ1n) is 8.02. The van der Waals surface area contributed by atoms with Gasteiger partial charge < -0.3 is 16.2 Å². The molecule has 8 heteroatoms. The van der Waals surface area contributed by atoms with Crippen LogP contribution in [0.25, 0.3) is 10.6 Å². The predicted octanol–water partition coefficient (Wildman–Crippen LogP) is 3.29. The van der Waals surface area contributed by atoms with Crippen molar-refractivity contribution in [2.45, 2.75) is 13.0 Å². The number of nitrogens with two attached hydrogens (primary N) is 1. The third-order valence-corrected chi connectivity index (χ3v) is 4.68. The van der Waals surface area contributed by atoms with Crippen molar-refractivity contribution in [3.8, 4) is 10.6 Å². The van der Waals surface area contributed by atoms with Gasteiger partial charge in [-0.25, -0.2) is 9.37 Å². The second-order valence-electron chi connectivity index (χ2n) is 5.77. The van der Waals surface area contributed by atoms with Crippen LogP contribution in [0.4, 0.5) is 10.1 Å². The van der Waals surface area contributed by atoms with Crippen molar-refractivity contribution in [1.29, 1.82) is 0 Å². The summed E-state index contributed by atoms with van der Waals surface area (Å²) in [6.07, 6.45) is -0.204. The summed E-state index contributed by atoms with van der Waals surface area (Å²) in [5, 5.41) is 13.7. The van der Waals surface area contributed by atoms with Gasteiger partial charge in [-0.15, -0.1) is 11.3 Å². The Bertz CT molecular complexity index is 1000. The zero-order valence-electron chi connectivity index (χ0n) is 14.1. The molecule has 3 aromatic rings. The lowest BCUT2D eigenvalue weighted by molar-refractivity contribution is -0.136. The van der Waals surface area contributed by atoms with Gasteiger partial charge in [0, 0.05) is 23.2 Å². The SMILES string of the molecule is NCc1cc(F)cc(-c2nc(C(=O)Nc3ccccc3CC(=O)O)cs2)c1. The standard InChI is InChI=1S/C19H16FN3O3S/c20-14-6-11(9-21)5-13(7-14)19-23-16(10-27-19)18(26)22-15-4-2-1-3-12(15)8-17(24)25/h1-7,10H,8-9,21H2,(H,22,26)(H,24,25). The van der Waals surface area contributed by atoms with E-state index in [1.807, 2.05) is 0 Å². The topological polar surface area (TPSA) is 105 Å². The summed E-state index contributed by atoms with van der Waals surface area (Å²) in [4.78, 5) is 27.7. The zero-order valence-corrected chi connectivity index (χ0v) is 14.9. The lowest BCUT2D eigenvalue weighted by Crippen LogP contribution is -2.14. The molecule has 0 radical (unpaired) electrons. The average Bonchev–Trinajstić information content (AvgIpc) is 3.12. The number of amides is 1. The molecule has 0 fully saturated rings. The molecule has 3 rings (SSSR count). The van der Waals surface area contributed by atoms with E-state index in [1.165, 1.54) is 23.5 Å². The number of aliphatic carboxylic acids is 1. The van der Waals surface area contributed by atoms with E-state index >= 15 is 0 Å². The highest BCUT2D eigenvalue weighted by Gasteiger charge is 2.15. The van der Waals surface area contributed by atoms with Crippen molar-refractivity contribution in [2.75, 3.05) is 5.32 Å². The van der Waals surface area contributed by atoms with Gasteiger partial charge in [-0.05, 0) is 35.4 Å².